The number of furan rings is 1. The minimum atomic E-state index is -0.530. The van der Waals surface area contributed by atoms with Crippen molar-refractivity contribution in [2.75, 3.05) is 19.6 Å². The second-order valence-electron chi connectivity index (χ2n) is 7.06. The number of nitrogens with one attached hydrogen (secondary N) is 1. The van der Waals surface area contributed by atoms with E-state index in [-0.39, 0.29) is 5.91 Å². The van der Waals surface area contributed by atoms with E-state index in [1.54, 1.807) is 12.1 Å². The highest BCUT2D eigenvalue weighted by Crippen LogP contribution is 2.27. The molecule has 5 nitrogen and oxygen atoms in total. The van der Waals surface area contributed by atoms with Crippen molar-refractivity contribution >= 4 is 5.91 Å². The van der Waals surface area contributed by atoms with Crippen LogP contribution in [0.4, 0.5) is 0 Å². The Hall–Kier alpha value is -1.33. The summed E-state index contributed by atoms with van der Waals surface area (Å²) in [4.78, 5) is 14.1. The molecule has 1 aliphatic carbocycles. The van der Waals surface area contributed by atoms with Crippen LogP contribution in [0.15, 0.2) is 22.8 Å². The van der Waals surface area contributed by atoms with Crippen molar-refractivity contribution in [3.8, 4) is 0 Å². The highest BCUT2D eigenvalue weighted by molar-refractivity contribution is 5.91. The smallest absolute Gasteiger partial charge is 0.289 e. The van der Waals surface area contributed by atoms with Crippen molar-refractivity contribution in [1.82, 2.24) is 10.2 Å². The van der Waals surface area contributed by atoms with Crippen LogP contribution >= 0.6 is 0 Å². The fourth-order valence-corrected chi connectivity index (χ4v) is 3.74. The molecule has 5 heteroatoms. The molecule has 23 heavy (non-hydrogen) atoms. The lowest BCUT2D eigenvalue weighted by atomic mass is 9.93. The van der Waals surface area contributed by atoms with Crippen LogP contribution in [0.2, 0.25) is 0 Å². The lowest BCUT2D eigenvalue weighted by Crippen LogP contribution is -2.49. The molecule has 1 amide bonds. The van der Waals surface area contributed by atoms with E-state index in [0.717, 1.165) is 51.6 Å². The first kappa shape index (κ1) is 16.5. The molecule has 0 unspecified atom stereocenters. The molecule has 0 radical (unpaired) electrons. The summed E-state index contributed by atoms with van der Waals surface area (Å²) < 4.78 is 5.19. The Morgan fingerprint density at radius 3 is 2.57 bits per heavy atom. The van der Waals surface area contributed by atoms with Crippen LogP contribution in [0.25, 0.3) is 0 Å². The van der Waals surface area contributed by atoms with E-state index in [9.17, 15) is 9.90 Å². The topological polar surface area (TPSA) is 65.7 Å². The Kier molecular flexibility index (Phi) is 5.38. The van der Waals surface area contributed by atoms with Gasteiger partial charge in [0.1, 0.15) is 0 Å². The summed E-state index contributed by atoms with van der Waals surface area (Å²) in [7, 11) is 0. The summed E-state index contributed by atoms with van der Waals surface area (Å²) in [5, 5.41) is 14.3. The van der Waals surface area contributed by atoms with Crippen LogP contribution in [0.5, 0.6) is 0 Å². The lowest BCUT2D eigenvalue weighted by Gasteiger charge is -2.35. The molecule has 2 N–H and O–H groups in total. The number of hydrogen-bond donors (Lipinski definition) is 2. The minimum Gasteiger partial charge on any atom is -0.459 e. The standard InChI is InChI=1S/C18H28N2O3/c21-17(16-6-5-13-23-16)20-11-7-15(8-12-20)19-14-18(22)9-3-1-2-4-10-18/h5-6,13,15,19,22H,1-4,7-12,14H2. The molecular formula is C18H28N2O3. The van der Waals surface area contributed by atoms with E-state index >= 15 is 0 Å². The predicted molar refractivity (Wildman–Crippen MR) is 88.3 cm³/mol. The van der Waals surface area contributed by atoms with Crippen molar-refractivity contribution in [2.24, 2.45) is 0 Å². The number of amides is 1. The number of nitrogens with zero attached hydrogens (tertiary/aromatic N) is 1. The molecule has 0 spiro atoms. The van der Waals surface area contributed by atoms with Gasteiger partial charge in [0.25, 0.3) is 5.91 Å². The molecule has 128 valence electrons. The molecule has 1 aromatic heterocycles. The van der Waals surface area contributed by atoms with Gasteiger partial charge in [0.2, 0.25) is 0 Å². The molecule has 0 aromatic carbocycles. The first-order valence-corrected chi connectivity index (χ1v) is 8.95. The van der Waals surface area contributed by atoms with Gasteiger partial charge in [0, 0.05) is 25.7 Å². The van der Waals surface area contributed by atoms with Crippen molar-refractivity contribution < 1.29 is 14.3 Å². The van der Waals surface area contributed by atoms with Gasteiger partial charge in [-0.05, 0) is 37.8 Å². The molecule has 1 aromatic rings. The number of aliphatic hydroxyl groups is 1. The zero-order valence-corrected chi connectivity index (χ0v) is 13.8. The fourth-order valence-electron chi connectivity index (χ4n) is 3.74. The average Bonchev–Trinajstić information content (AvgIpc) is 3.02. The van der Waals surface area contributed by atoms with Gasteiger partial charge >= 0.3 is 0 Å². The first-order valence-electron chi connectivity index (χ1n) is 8.95. The fraction of sp³-hybridized carbons (Fsp3) is 0.722. The van der Waals surface area contributed by atoms with E-state index in [4.69, 9.17) is 4.42 Å². The van der Waals surface area contributed by atoms with Gasteiger partial charge in [-0.15, -0.1) is 0 Å². The van der Waals surface area contributed by atoms with Crippen LogP contribution in [0.1, 0.15) is 61.9 Å². The number of carbonyl (C=O) groups excluding carboxylic acids is 1. The number of likely N-dealkylation sites (tertiary alicyclic amines) is 1. The zero-order valence-electron chi connectivity index (χ0n) is 13.8. The van der Waals surface area contributed by atoms with Crippen molar-refractivity contribution in [3.63, 3.8) is 0 Å². The Balaban J connectivity index is 1.43. The summed E-state index contributed by atoms with van der Waals surface area (Å²) in [6.45, 7) is 2.18. The second-order valence-corrected chi connectivity index (χ2v) is 7.06. The largest absolute Gasteiger partial charge is 0.459 e. The molecule has 2 aliphatic rings. The Labute approximate surface area is 138 Å². The van der Waals surface area contributed by atoms with Crippen molar-refractivity contribution in [1.29, 1.82) is 0 Å². The summed E-state index contributed by atoms with van der Waals surface area (Å²) in [5.41, 5.74) is -0.530. The normalized spacial score (nSPS) is 22.7. The predicted octanol–water partition coefficient (Wildman–Crippen LogP) is 2.56. The molecule has 0 bridgehead atoms. The third kappa shape index (κ3) is 4.36. The van der Waals surface area contributed by atoms with Gasteiger partial charge in [-0.25, -0.2) is 0 Å². The van der Waals surface area contributed by atoms with Gasteiger partial charge in [0.05, 0.1) is 11.9 Å². The molecular weight excluding hydrogens is 292 g/mol. The maximum atomic E-state index is 12.2. The summed E-state index contributed by atoms with van der Waals surface area (Å²) in [6.07, 6.45) is 9.99. The lowest BCUT2D eigenvalue weighted by molar-refractivity contribution is 0.0200. The third-order valence-electron chi connectivity index (χ3n) is 5.27. The van der Waals surface area contributed by atoms with Gasteiger partial charge in [-0.3, -0.25) is 4.79 Å². The molecule has 0 atom stereocenters. The quantitative estimate of drug-likeness (QED) is 0.837. The highest BCUT2D eigenvalue weighted by Gasteiger charge is 2.30. The van der Waals surface area contributed by atoms with E-state index in [0.29, 0.717) is 18.3 Å². The van der Waals surface area contributed by atoms with Gasteiger partial charge in [-0.2, -0.15) is 0 Å². The maximum Gasteiger partial charge on any atom is 0.289 e. The van der Waals surface area contributed by atoms with Gasteiger partial charge in [-0.1, -0.05) is 25.7 Å². The van der Waals surface area contributed by atoms with Crippen LogP contribution < -0.4 is 5.32 Å². The highest BCUT2D eigenvalue weighted by atomic mass is 16.3. The third-order valence-corrected chi connectivity index (χ3v) is 5.27. The van der Waals surface area contributed by atoms with Gasteiger partial charge < -0.3 is 19.7 Å². The zero-order chi connectivity index (χ0) is 16.1. The molecule has 3 rings (SSSR count). The van der Waals surface area contributed by atoms with E-state index < -0.39 is 5.60 Å². The Morgan fingerprint density at radius 2 is 1.96 bits per heavy atom. The Bertz CT molecular complexity index is 484. The van der Waals surface area contributed by atoms with E-state index in [1.165, 1.54) is 19.1 Å². The summed E-state index contributed by atoms with van der Waals surface area (Å²) in [5.74, 6) is 0.403. The van der Waals surface area contributed by atoms with Crippen LogP contribution in [0.3, 0.4) is 0 Å². The average molecular weight is 320 g/mol. The van der Waals surface area contributed by atoms with E-state index in [1.807, 2.05) is 4.90 Å². The molecule has 1 aliphatic heterocycles. The molecule has 2 fully saturated rings. The monoisotopic (exact) mass is 320 g/mol. The van der Waals surface area contributed by atoms with Crippen molar-refractivity contribution in [2.45, 2.75) is 63.0 Å². The van der Waals surface area contributed by atoms with Crippen LogP contribution in [-0.2, 0) is 0 Å². The molecule has 2 heterocycles. The van der Waals surface area contributed by atoms with Crippen LogP contribution in [-0.4, -0.2) is 47.2 Å². The number of carbonyl (C=O) groups is 1. The number of piperidine rings is 1. The van der Waals surface area contributed by atoms with Crippen LogP contribution in [0, 0.1) is 0 Å². The number of hydrogen-bond acceptors (Lipinski definition) is 4. The number of rotatable bonds is 4. The summed E-state index contributed by atoms with van der Waals surface area (Å²) in [6, 6.07) is 3.85. The molecule has 1 saturated carbocycles. The molecule has 1 saturated heterocycles. The maximum absolute atomic E-state index is 12.2. The SMILES string of the molecule is O=C(c1ccco1)N1CCC(NCC2(O)CCCCCC2)CC1. The Morgan fingerprint density at radius 1 is 1.26 bits per heavy atom. The summed E-state index contributed by atoms with van der Waals surface area (Å²) >= 11 is 0. The van der Waals surface area contributed by atoms with Gasteiger partial charge in [0.15, 0.2) is 5.76 Å². The second kappa shape index (κ2) is 7.49. The van der Waals surface area contributed by atoms with Crippen molar-refractivity contribution in [3.05, 3.63) is 24.2 Å². The van der Waals surface area contributed by atoms with E-state index in [2.05, 4.69) is 5.32 Å². The first-order chi connectivity index (χ1) is 11.2. The minimum absolute atomic E-state index is 0.0177.